The molecule has 3 N–H and O–H groups in total. The number of pyridine rings is 1. The largest absolute Gasteiger partial charge is 0.417 e. The van der Waals surface area contributed by atoms with E-state index in [1.807, 2.05) is 0 Å². The zero-order chi connectivity index (χ0) is 16.4. The first-order chi connectivity index (χ1) is 9.44. The van der Waals surface area contributed by atoms with Crippen LogP contribution in [0, 0.1) is 13.8 Å². The number of rotatable bonds is 4. The quantitative estimate of drug-likeness (QED) is 0.784. The number of carbonyl (C=O) groups is 1. The Kier molecular flexibility index (Phi) is 4.83. The second-order valence-corrected chi connectivity index (χ2v) is 5.17. The van der Waals surface area contributed by atoms with Crippen LogP contribution in [-0.4, -0.2) is 27.8 Å². The molecule has 0 radical (unpaired) electrons. The maximum absolute atomic E-state index is 12.4. The number of aromatic nitrogens is 1. The number of aryl methyl sites for hydroxylation is 2. The Balaban J connectivity index is 2.73. The number of halogens is 3. The smallest absolute Gasteiger partial charge is 0.380 e. The highest BCUT2D eigenvalue weighted by atomic mass is 19.4. The first-order valence-corrected chi connectivity index (χ1v) is 6.19. The molecule has 0 saturated heterocycles. The van der Waals surface area contributed by atoms with Gasteiger partial charge in [0.05, 0.1) is 6.42 Å². The molecule has 1 heterocycles. The van der Waals surface area contributed by atoms with Crippen LogP contribution >= 0.6 is 0 Å². The summed E-state index contributed by atoms with van der Waals surface area (Å²) in [5, 5.41) is 11.4. The highest BCUT2D eigenvalue weighted by molar-refractivity contribution is 5.77. The van der Waals surface area contributed by atoms with E-state index in [1.165, 1.54) is 0 Å². The summed E-state index contributed by atoms with van der Waals surface area (Å²) >= 11 is 0. The minimum Gasteiger partial charge on any atom is -0.380 e. The monoisotopic (exact) mass is 306 g/mol. The lowest BCUT2D eigenvalue weighted by Crippen LogP contribution is -2.46. The van der Waals surface area contributed by atoms with Crippen LogP contribution in [0.4, 0.5) is 13.2 Å². The Morgan fingerprint density at radius 2 is 1.95 bits per heavy atom. The molecule has 0 unspecified atom stereocenters. The average molecular weight is 306 g/mol. The van der Waals surface area contributed by atoms with Crippen LogP contribution in [0.2, 0.25) is 0 Å². The Morgan fingerprint density at radius 3 is 2.43 bits per heavy atom. The van der Waals surface area contributed by atoms with Gasteiger partial charge in [-0.1, -0.05) is 0 Å². The van der Waals surface area contributed by atoms with Crippen molar-refractivity contribution in [3.63, 3.8) is 0 Å². The van der Waals surface area contributed by atoms with Crippen LogP contribution in [0.3, 0.4) is 0 Å². The fourth-order valence-corrected chi connectivity index (χ4v) is 1.76. The Morgan fingerprint density at radius 1 is 1.38 bits per heavy atom. The molecule has 0 bridgehead atoms. The maximum Gasteiger partial charge on any atom is 0.417 e. The Bertz CT molecular complexity index is 591. The zero-order valence-electron chi connectivity index (χ0n) is 11.9. The number of H-pyrrole nitrogens is 1. The molecular weight excluding hydrogens is 289 g/mol. The number of alkyl halides is 3. The van der Waals surface area contributed by atoms with Crippen LogP contribution in [-0.2, 0) is 11.3 Å². The summed E-state index contributed by atoms with van der Waals surface area (Å²) in [6.45, 7) is 3.68. The van der Waals surface area contributed by atoms with Gasteiger partial charge in [-0.15, -0.1) is 0 Å². The lowest BCUT2D eigenvalue weighted by atomic mass is 10.0. The lowest BCUT2D eigenvalue weighted by Gasteiger charge is -2.25. The van der Waals surface area contributed by atoms with Crippen molar-refractivity contribution in [3.05, 3.63) is 33.2 Å². The predicted molar refractivity (Wildman–Crippen MR) is 69.7 cm³/mol. The van der Waals surface area contributed by atoms with Crippen LogP contribution in [0.15, 0.2) is 10.9 Å². The van der Waals surface area contributed by atoms with E-state index in [0.29, 0.717) is 18.2 Å². The third-order valence-corrected chi connectivity index (χ3v) is 3.07. The molecule has 1 aromatic rings. The molecule has 21 heavy (non-hydrogen) atoms. The Hall–Kier alpha value is -1.83. The van der Waals surface area contributed by atoms with Crippen molar-refractivity contribution in [2.24, 2.45) is 0 Å². The van der Waals surface area contributed by atoms with Crippen molar-refractivity contribution in [1.29, 1.82) is 0 Å². The van der Waals surface area contributed by atoms with Gasteiger partial charge >= 0.3 is 6.18 Å². The third-order valence-electron chi connectivity index (χ3n) is 3.07. The standard InChI is InChI=1S/C13H17F3N2O3/c1-7-4-8(2)18-11(20)9(7)6-17-10(19)5-12(3,21)13(14,15)16/h4,21H,5-6H2,1-3H3,(H,17,19)(H,18,20)/t12-/m0/s1. The van der Waals surface area contributed by atoms with Crippen LogP contribution in [0.5, 0.6) is 0 Å². The van der Waals surface area contributed by atoms with E-state index < -0.39 is 29.7 Å². The van der Waals surface area contributed by atoms with Crippen molar-refractivity contribution in [2.45, 2.75) is 45.5 Å². The van der Waals surface area contributed by atoms with Gasteiger partial charge in [0.2, 0.25) is 5.91 Å². The highest BCUT2D eigenvalue weighted by Crippen LogP contribution is 2.32. The van der Waals surface area contributed by atoms with E-state index in [1.54, 1.807) is 19.9 Å². The topological polar surface area (TPSA) is 82.2 Å². The average Bonchev–Trinajstić information content (AvgIpc) is 2.24. The summed E-state index contributed by atoms with van der Waals surface area (Å²) in [5.74, 6) is -0.989. The number of carbonyl (C=O) groups excluding carboxylic acids is 1. The summed E-state index contributed by atoms with van der Waals surface area (Å²) in [6.07, 6.45) is -6.03. The van der Waals surface area contributed by atoms with E-state index >= 15 is 0 Å². The summed E-state index contributed by atoms with van der Waals surface area (Å²) in [7, 11) is 0. The number of hydrogen-bond acceptors (Lipinski definition) is 3. The molecule has 1 rings (SSSR count). The summed E-state index contributed by atoms with van der Waals surface area (Å²) in [5.41, 5.74) is -1.98. The Labute approximate surface area is 119 Å². The summed E-state index contributed by atoms with van der Waals surface area (Å²) in [4.78, 5) is 25.7. The second-order valence-electron chi connectivity index (χ2n) is 5.17. The van der Waals surface area contributed by atoms with Crippen molar-refractivity contribution < 1.29 is 23.1 Å². The van der Waals surface area contributed by atoms with Gasteiger partial charge < -0.3 is 15.4 Å². The molecule has 8 heteroatoms. The maximum atomic E-state index is 12.4. The molecule has 0 aromatic carbocycles. The molecule has 1 aromatic heterocycles. The highest BCUT2D eigenvalue weighted by Gasteiger charge is 2.50. The van der Waals surface area contributed by atoms with Gasteiger partial charge in [-0.2, -0.15) is 13.2 Å². The van der Waals surface area contributed by atoms with Crippen LogP contribution in [0.25, 0.3) is 0 Å². The number of aliphatic hydroxyl groups is 1. The third kappa shape index (κ3) is 4.32. The lowest BCUT2D eigenvalue weighted by molar-refractivity contribution is -0.253. The number of amides is 1. The van der Waals surface area contributed by atoms with E-state index in [9.17, 15) is 27.9 Å². The molecule has 0 aliphatic carbocycles. The number of nitrogens with one attached hydrogen (secondary N) is 2. The molecule has 1 atom stereocenters. The first kappa shape index (κ1) is 17.2. The van der Waals surface area contributed by atoms with Crippen molar-refractivity contribution >= 4 is 5.91 Å². The van der Waals surface area contributed by atoms with Gasteiger partial charge in [0.1, 0.15) is 0 Å². The minimum atomic E-state index is -4.90. The first-order valence-electron chi connectivity index (χ1n) is 6.19. The fourth-order valence-electron chi connectivity index (χ4n) is 1.76. The summed E-state index contributed by atoms with van der Waals surface area (Å²) in [6, 6.07) is 1.69. The van der Waals surface area contributed by atoms with Gasteiger partial charge in [0, 0.05) is 17.8 Å². The SMILES string of the molecule is Cc1cc(C)c(CNC(=O)C[C@](C)(O)C(F)(F)F)c(=O)[nH]1. The molecular formula is C13H17F3N2O3. The van der Waals surface area contributed by atoms with E-state index in [2.05, 4.69) is 10.3 Å². The van der Waals surface area contributed by atoms with Crippen molar-refractivity contribution in [3.8, 4) is 0 Å². The zero-order valence-corrected chi connectivity index (χ0v) is 11.9. The molecule has 0 saturated carbocycles. The van der Waals surface area contributed by atoms with Crippen molar-refractivity contribution in [2.75, 3.05) is 0 Å². The molecule has 118 valence electrons. The number of hydrogen-bond donors (Lipinski definition) is 3. The van der Waals surface area contributed by atoms with E-state index in [4.69, 9.17) is 0 Å². The van der Waals surface area contributed by atoms with Crippen molar-refractivity contribution in [1.82, 2.24) is 10.3 Å². The minimum absolute atomic E-state index is 0.200. The predicted octanol–water partition coefficient (Wildman–Crippen LogP) is 1.31. The van der Waals surface area contributed by atoms with E-state index in [0.717, 1.165) is 0 Å². The summed E-state index contributed by atoms with van der Waals surface area (Å²) < 4.78 is 37.3. The number of aromatic amines is 1. The normalized spacial score (nSPS) is 14.6. The molecule has 0 fully saturated rings. The van der Waals surface area contributed by atoms with Gasteiger partial charge in [-0.25, -0.2) is 0 Å². The molecule has 1 amide bonds. The van der Waals surface area contributed by atoms with E-state index in [-0.39, 0.29) is 12.1 Å². The van der Waals surface area contributed by atoms with Gasteiger partial charge in [0.15, 0.2) is 5.60 Å². The molecule has 5 nitrogen and oxygen atoms in total. The molecule has 0 spiro atoms. The molecule has 0 aliphatic heterocycles. The van der Waals surface area contributed by atoms with Gasteiger partial charge in [-0.05, 0) is 32.4 Å². The van der Waals surface area contributed by atoms with Gasteiger partial charge in [0.25, 0.3) is 5.56 Å². The second kappa shape index (κ2) is 5.88. The fraction of sp³-hybridized carbons (Fsp3) is 0.538. The van der Waals surface area contributed by atoms with Crippen LogP contribution < -0.4 is 10.9 Å². The van der Waals surface area contributed by atoms with Crippen LogP contribution in [0.1, 0.15) is 30.2 Å². The molecule has 0 aliphatic rings. The van der Waals surface area contributed by atoms with Gasteiger partial charge in [-0.3, -0.25) is 9.59 Å².